The van der Waals surface area contributed by atoms with Crippen molar-refractivity contribution in [1.82, 2.24) is 15.6 Å². The highest BCUT2D eigenvalue weighted by molar-refractivity contribution is 5.86. The number of hydrogen-bond donors (Lipinski definition) is 3. The van der Waals surface area contributed by atoms with E-state index in [2.05, 4.69) is 10.3 Å². The summed E-state index contributed by atoms with van der Waals surface area (Å²) in [6, 6.07) is 1.88. The fourth-order valence-corrected chi connectivity index (χ4v) is 1.20. The van der Waals surface area contributed by atoms with Crippen LogP contribution in [-0.2, 0) is 11.3 Å². The van der Waals surface area contributed by atoms with Crippen LogP contribution in [0.15, 0.2) is 24.5 Å². The summed E-state index contributed by atoms with van der Waals surface area (Å²) < 4.78 is 37.9. The number of hydrogen-bond acceptors (Lipinski definition) is 3. The highest BCUT2D eigenvalue weighted by Crippen LogP contribution is 2.30. The number of carboxylic acids is 1. The molecule has 0 aliphatic heterocycles. The molecule has 0 fully saturated rings. The predicted octanol–water partition coefficient (Wildman–Crippen LogP) is 1.29. The van der Waals surface area contributed by atoms with Crippen LogP contribution in [0.1, 0.15) is 12.5 Å². The summed E-state index contributed by atoms with van der Waals surface area (Å²) in [6.45, 7) is 0.323. The van der Waals surface area contributed by atoms with Crippen LogP contribution in [0.4, 0.5) is 18.0 Å². The van der Waals surface area contributed by atoms with Gasteiger partial charge in [-0.05, 0) is 24.6 Å². The first-order valence-corrected chi connectivity index (χ1v) is 5.42. The lowest BCUT2D eigenvalue weighted by Gasteiger charge is -2.28. The molecule has 0 aromatic carbocycles. The lowest BCUT2D eigenvalue weighted by molar-refractivity contribution is -0.203. The first kappa shape index (κ1) is 15.7. The second-order valence-corrected chi connectivity index (χ2v) is 4.09. The number of urea groups is 1. The minimum atomic E-state index is -5.12. The minimum Gasteiger partial charge on any atom is -0.479 e. The fourth-order valence-electron chi connectivity index (χ4n) is 1.20. The van der Waals surface area contributed by atoms with Crippen molar-refractivity contribution in [3.05, 3.63) is 30.1 Å². The van der Waals surface area contributed by atoms with Gasteiger partial charge in [0.2, 0.25) is 5.54 Å². The summed E-state index contributed by atoms with van der Waals surface area (Å²) in [5.41, 5.74) is -2.74. The molecule has 110 valence electrons. The molecule has 6 nitrogen and oxygen atoms in total. The average molecular weight is 291 g/mol. The van der Waals surface area contributed by atoms with Gasteiger partial charge in [-0.25, -0.2) is 9.59 Å². The van der Waals surface area contributed by atoms with Crippen molar-refractivity contribution >= 4 is 12.0 Å². The largest absolute Gasteiger partial charge is 0.479 e. The van der Waals surface area contributed by atoms with Gasteiger partial charge in [0.25, 0.3) is 0 Å². The molecule has 1 heterocycles. The molecular formula is C11H12F3N3O3. The summed E-state index contributed by atoms with van der Waals surface area (Å²) in [6.07, 6.45) is -2.22. The molecule has 9 heteroatoms. The van der Waals surface area contributed by atoms with Gasteiger partial charge in [-0.3, -0.25) is 4.98 Å². The van der Waals surface area contributed by atoms with Gasteiger partial charge in [-0.1, -0.05) is 0 Å². The molecule has 0 bridgehead atoms. The summed E-state index contributed by atoms with van der Waals surface area (Å²) in [5.74, 6) is -2.19. The van der Waals surface area contributed by atoms with Gasteiger partial charge >= 0.3 is 18.2 Å². The van der Waals surface area contributed by atoms with E-state index >= 15 is 0 Å². The van der Waals surface area contributed by atoms with Gasteiger partial charge in [0.05, 0.1) is 0 Å². The van der Waals surface area contributed by atoms with E-state index in [9.17, 15) is 22.8 Å². The van der Waals surface area contributed by atoms with E-state index in [1.807, 2.05) is 0 Å². The number of amides is 2. The number of halogens is 3. The standard InChI is InChI=1S/C11H12F3N3O3/c1-10(8(18)19,11(12,13)14)17-9(20)16-6-7-2-4-15-5-3-7/h2-5H,6H2,1H3,(H,18,19)(H2,16,17,20). The first-order valence-electron chi connectivity index (χ1n) is 5.42. The van der Waals surface area contributed by atoms with E-state index in [1.54, 1.807) is 12.1 Å². The zero-order chi connectivity index (χ0) is 15.4. The van der Waals surface area contributed by atoms with E-state index in [4.69, 9.17) is 5.11 Å². The number of nitrogens with one attached hydrogen (secondary N) is 2. The number of aliphatic carboxylic acids is 1. The quantitative estimate of drug-likeness (QED) is 0.779. The summed E-state index contributed by atoms with van der Waals surface area (Å²) in [4.78, 5) is 25.8. The SMILES string of the molecule is CC(NC(=O)NCc1ccncc1)(C(=O)O)C(F)(F)F. The predicted molar refractivity (Wildman–Crippen MR) is 61.7 cm³/mol. The number of rotatable bonds is 4. The van der Waals surface area contributed by atoms with Crippen LogP contribution in [0.25, 0.3) is 0 Å². The van der Waals surface area contributed by atoms with E-state index in [-0.39, 0.29) is 6.54 Å². The maximum absolute atomic E-state index is 12.6. The second-order valence-electron chi connectivity index (χ2n) is 4.09. The highest BCUT2D eigenvalue weighted by Gasteiger charge is 2.58. The first-order chi connectivity index (χ1) is 9.17. The Hall–Kier alpha value is -2.32. The van der Waals surface area contributed by atoms with Gasteiger partial charge in [-0.2, -0.15) is 13.2 Å². The molecule has 0 aliphatic carbocycles. The molecule has 1 rings (SSSR count). The van der Waals surface area contributed by atoms with Crippen LogP contribution in [0.2, 0.25) is 0 Å². The molecule has 0 aliphatic rings. The van der Waals surface area contributed by atoms with Crippen LogP contribution in [0.5, 0.6) is 0 Å². The second kappa shape index (κ2) is 5.76. The Morgan fingerprint density at radius 2 is 1.85 bits per heavy atom. The van der Waals surface area contributed by atoms with Crippen molar-refractivity contribution < 1.29 is 27.9 Å². The normalized spacial score (nSPS) is 14.2. The molecule has 1 unspecified atom stereocenters. The molecule has 1 atom stereocenters. The van der Waals surface area contributed by atoms with Crippen molar-refractivity contribution in [2.24, 2.45) is 0 Å². The van der Waals surface area contributed by atoms with Gasteiger partial charge in [-0.15, -0.1) is 0 Å². The molecule has 0 spiro atoms. The topological polar surface area (TPSA) is 91.3 Å². The third-order valence-electron chi connectivity index (χ3n) is 2.56. The average Bonchev–Trinajstić information content (AvgIpc) is 2.36. The lowest BCUT2D eigenvalue weighted by Crippen LogP contribution is -2.63. The van der Waals surface area contributed by atoms with E-state index in [1.165, 1.54) is 17.7 Å². The van der Waals surface area contributed by atoms with Gasteiger partial charge in [0.1, 0.15) is 0 Å². The maximum atomic E-state index is 12.6. The zero-order valence-corrected chi connectivity index (χ0v) is 10.4. The summed E-state index contributed by atoms with van der Waals surface area (Å²) in [7, 11) is 0. The van der Waals surface area contributed by atoms with Crippen molar-refractivity contribution in [2.45, 2.75) is 25.2 Å². The third kappa shape index (κ3) is 3.59. The molecular weight excluding hydrogens is 279 g/mol. The number of aromatic nitrogens is 1. The summed E-state index contributed by atoms with van der Waals surface area (Å²) >= 11 is 0. The Morgan fingerprint density at radius 3 is 2.30 bits per heavy atom. The number of carbonyl (C=O) groups excluding carboxylic acids is 1. The van der Waals surface area contributed by atoms with Crippen molar-refractivity contribution in [2.75, 3.05) is 0 Å². The number of carboxylic acid groups (broad SMARTS) is 1. The Balaban J connectivity index is 2.67. The van der Waals surface area contributed by atoms with Crippen molar-refractivity contribution in [3.63, 3.8) is 0 Å². The monoisotopic (exact) mass is 291 g/mol. The Bertz CT molecular complexity index is 493. The van der Waals surface area contributed by atoms with Crippen LogP contribution in [0.3, 0.4) is 0 Å². The van der Waals surface area contributed by atoms with Gasteiger partial charge < -0.3 is 15.7 Å². The lowest BCUT2D eigenvalue weighted by atomic mass is 10.0. The van der Waals surface area contributed by atoms with Crippen LogP contribution < -0.4 is 10.6 Å². The van der Waals surface area contributed by atoms with Crippen molar-refractivity contribution in [1.29, 1.82) is 0 Å². The maximum Gasteiger partial charge on any atom is 0.422 e. The molecule has 1 aromatic heterocycles. The fraction of sp³-hybridized carbons (Fsp3) is 0.364. The molecule has 0 saturated carbocycles. The third-order valence-corrected chi connectivity index (χ3v) is 2.56. The molecule has 0 saturated heterocycles. The van der Waals surface area contributed by atoms with Gasteiger partial charge in [0.15, 0.2) is 0 Å². The highest BCUT2D eigenvalue weighted by atomic mass is 19.4. The number of carbonyl (C=O) groups is 2. The van der Waals surface area contributed by atoms with Crippen LogP contribution in [0, 0.1) is 0 Å². The number of nitrogens with zero attached hydrogens (tertiary/aromatic N) is 1. The number of pyridine rings is 1. The Morgan fingerprint density at radius 1 is 1.30 bits per heavy atom. The zero-order valence-electron chi connectivity index (χ0n) is 10.4. The Labute approximate surface area is 112 Å². The van der Waals surface area contributed by atoms with E-state index < -0.39 is 23.7 Å². The molecule has 20 heavy (non-hydrogen) atoms. The smallest absolute Gasteiger partial charge is 0.422 e. The van der Waals surface area contributed by atoms with Gasteiger partial charge in [0, 0.05) is 18.9 Å². The van der Waals surface area contributed by atoms with E-state index in [0.717, 1.165) is 0 Å². The summed E-state index contributed by atoms with van der Waals surface area (Å²) in [5, 5.41) is 12.2. The molecule has 1 aromatic rings. The van der Waals surface area contributed by atoms with Crippen molar-refractivity contribution in [3.8, 4) is 0 Å². The van der Waals surface area contributed by atoms with Crippen LogP contribution >= 0.6 is 0 Å². The number of alkyl halides is 3. The van der Waals surface area contributed by atoms with Crippen LogP contribution in [-0.4, -0.2) is 33.8 Å². The Kier molecular flexibility index (Phi) is 4.53. The molecule has 0 radical (unpaired) electrons. The molecule has 3 N–H and O–H groups in total. The van der Waals surface area contributed by atoms with E-state index in [0.29, 0.717) is 12.5 Å². The minimum absolute atomic E-state index is 0.0537. The molecule has 2 amide bonds.